The molecule has 1 aliphatic heterocycles. The highest BCUT2D eigenvalue weighted by molar-refractivity contribution is 7.88. The van der Waals surface area contributed by atoms with Crippen LogP contribution in [-0.4, -0.2) is 45.0 Å². The Labute approximate surface area is 116 Å². The maximum Gasteiger partial charge on any atom is 0.423 e. The van der Waals surface area contributed by atoms with Gasteiger partial charge in [0.25, 0.3) is 0 Å². The van der Waals surface area contributed by atoms with Gasteiger partial charge in [-0.05, 0) is 11.6 Å². The second-order valence-electron chi connectivity index (χ2n) is 4.09. The summed E-state index contributed by atoms with van der Waals surface area (Å²) in [5, 5.41) is 0. The largest absolute Gasteiger partial charge is 0.465 e. The number of sulfonamides is 1. The Hall–Kier alpha value is -2.09. The molecule has 0 bridgehead atoms. The molecule has 108 valence electrons. The van der Waals surface area contributed by atoms with E-state index in [0.717, 1.165) is 0 Å². The highest BCUT2D eigenvalue weighted by atomic mass is 32.2. The first kappa shape index (κ1) is 14.3. The first-order valence-electron chi connectivity index (χ1n) is 5.79. The van der Waals surface area contributed by atoms with E-state index in [-0.39, 0.29) is 24.3 Å². The van der Waals surface area contributed by atoms with Crippen LogP contribution >= 0.6 is 0 Å². The lowest BCUT2D eigenvalue weighted by molar-refractivity contribution is 0.0600. The van der Waals surface area contributed by atoms with Crippen LogP contribution in [0.4, 0.5) is 4.79 Å². The fourth-order valence-corrected chi connectivity index (χ4v) is 3.29. The Bertz CT molecular complexity index is 639. The molecule has 2 rings (SSSR count). The fraction of sp³-hybridized carbons (Fsp3) is 0.333. The van der Waals surface area contributed by atoms with E-state index in [4.69, 9.17) is 0 Å². The van der Waals surface area contributed by atoms with E-state index >= 15 is 0 Å². The normalized spacial score (nSPS) is 15.1. The van der Waals surface area contributed by atoms with Gasteiger partial charge in [-0.15, -0.1) is 0 Å². The number of ether oxygens (including phenoxy) is 2. The molecule has 20 heavy (non-hydrogen) atoms. The third-order valence-corrected chi connectivity index (χ3v) is 4.50. The minimum absolute atomic E-state index is 0.0123. The number of cyclic esters (lactones) is 1. The van der Waals surface area contributed by atoms with Gasteiger partial charge in [0.1, 0.15) is 6.61 Å². The molecule has 0 radical (unpaired) electrons. The second-order valence-corrected chi connectivity index (χ2v) is 5.98. The van der Waals surface area contributed by atoms with Crippen LogP contribution in [0.15, 0.2) is 24.3 Å². The van der Waals surface area contributed by atoms with Gasteiger partial charge in [-0.2, -0.15) is 0 Å². The molecule has 0 spiro atoms. The van der Waals surface area contributed by atoms with Gasteiger partial charge in [0.2, 0.25) is 10.0 Å². The molecule has 0 aromatic heterocycles. The van der Waals surface area contributed by atoms with E-state index in [2.05, 4.69) is 9.47 Å². The Morgan fingerprint density at radius 3 is 2.70 bits per heavy atom. The first-order valence-corrected chi connectivity index (χ1v) is 7.40. The molecule has 1 aromatic rings. The molecule has 1 aliphatic rings. The van der Waals surface area contributed by atoms with Gasteiger partial charge in [0, 0.05) is 0 Å². The maximum absolute atomic E-state index is 12.1. The number of rotatable bonds is 4. The van der Waals surface area contributed by atoms with Gasteiger partial charge in [0.15, 0.2) is 0 Å². The average molecular weight is 299 g/mol. The number of nitrogens with zero attached hydrogens (tertiary/aromatic N) is 1. The zero-order chi connectivity index (χ0) is 14.8. The lowest BCUT2D eigenvalue weighted by atomic mass is 10.1. The topological polar surface area (TPSA) is 90.0 Å². The van der Waals surface area contributed by atoms with Crippen LogP contribution in [-0.2, 0) is 25.2 Å². The number of benzene rings is 1. The van der Waals surface area contributed by atoms with Crippen LogP contribution in [0.1, 0.15) is 15.9 Å². The highest BCUT2D eigenvalue weighted by Gasteiger charge is 2.34. The summed E-state index contributed by atoms with van der Waals surface area (Å²) in [6, 6.07) is 6.19. The van der Waals surface area contributed by atoms with Crippen LogP contribution in [0.3, 0.4) is 0 Å². The molecule has 0 aliphatic carbocycles. The first-order chi connectivity index (χ1) is 9.45. The van der Waals surface area contributed by atoms with E-state index < -0.39 is 27.8 Å². The number of amides is 1. The van der Waals surface area contributed by atoms with Crippen molar-refractivity contribution in [2.45, 2.75) is 5.75 Å². The molecule has 0 N–H and O–H groups in total. The molecular formula is C12H13NO6S. The molecule has 7 nitrogen and oxygen atoms in total. The van der Waals surface area contributed by atoms with Crippen molar-refractivity contribution in [3.8, 4) is 0 Å². The summed E-state index contributed by atoms with van der Waals surface area (Å²) < 4.78 is 34.2. The summed E-state index contributed by atoms with van der Waals surface area (Å²) >= 11 is 0. The van der Waals surface area contributed by atoms with Crippen LogP contribution in [0, 0.1) is 0 Å². The van der Waals surface area contributed by atoms with Gasteiger partial charge in [-0.1, -0.05) is 18.2 Å². The molecule has 8 heteroatoms. The zero-order valence-corrected chi connectivity index (χ0v) is 11.6. The molecule has 1 aromatic carbocycles. The number of carbonyl (C=O) groups is 2. The molecular weight excluding hydrogens is 286 g/mol. The standard InChI is InChI=1S/C12H13NO6S/c1-18-11(14)10-5-3-2-4-9(10)8-20(16,17)13-6-7-19-12(13)15/h2-5H,6-8H2,1H3. The summed E-state index contributed by atoms with van der Waals surface area (Å²) in [4.78, 5) is 22.9. The minimum atomic E-state index is -3.88. The number of hydrogen-bond acceptors (Lipinski definition) is 6. The average Bonchev–Trinajstić information content (AvgIpc) is 2.85. The van der Waals surface area contributed by atoms with Crippen molar-refractivity contribution in [2.75, 3.05) is 20.3 Å². The minimum Gasteiger partial charge on any atom is -0.465 e. The summed E-state index contributed by atoms with van der Waals surface area (Å²) in [5.41, 5.74) is 0.435. The summed E-state index contributed by atoms with van der Waals surface area (Å²) in [5.74, 6) is -1.09. The molecule has 1 heterocycles. The summed E-state index contributed by atoms with van der Waals surface area (Å²) in [6.07, 6.45) is -0.888. The molecule has 0 unspecified atom stereocenters. The van der Waals surface area contributed by atoms with Crippen LogP contribution in [0.5, 0.6) is 0 Å². The van der Waals surface area contributed by atoms with Crippen molar-refractivity contribution >= 4 is 22.1 Å². The van der Waals surface area contributed by atoms with Crippen molar-refractivity contribution in [1.29, 1.82) is 0 Å². The highest BCUT2D eigenvalue weighted by Crippen LogP contribution is 2.18. The number of methoxy groups -OCH3 is 1. The van der Waals surface area contributed by atoms with Gasteiger partial charge >= 0.3 is 12.1 Å². The number of esters is 1. The van der Waals surface area contributed by atoms with Crippen molar-refractivity contribution in [2.24, 2.45) is 0 Å². The SMILES string of the molecule is COC(=O)c1ccccc1CS(=O)(=O)N1CCOC1=O. The third kappa shape index (κ3) is 2.74. The van der Waals surface area contributed by atoms with E-state index in [1.54, 1.807) is 12.1 Å². The van der Waals surface area contributed by atoms with Gasteiger partial charge < -0.3 is 9.47 Å². The van der Waals surface area contributed by atoms with E-state index in [0.29, 0.717) is 4.31 Å². The lowest BCUT2D eigenvalue weighted by Crippen LogP contribution is -2.33. The molecule has 1 saturated heterocycles. The Morgan fingerprint density at radius 1 is 1.40 bits per heavy atom. The predicted molar refractivity (Wildman–Crippen MR) is 68.5 cm³/mol. The van der Waals surface area contributed by atoms with E-state index in [1.165, 1.54) is 19.2 Å². The third-order valence-electron chi connectivity index (χ3n) is 2.82. The summed E-state index contributed by atoms with van der Waals surface area (Å²) in [7, 11) is -2.66. The van der Waals surface area contributed by atoms with Gasteiger partial charge in [-0.3, -0.25) is 0 Å². The van der Waals surface area contributed by atoms with Crippen molar-refractivity contribution in [3.05, 3.63) is 35.4 Å². The fourth-order valence-electron chi connectivity index (χ4n) is 1.86. The van der Waals surface area contributed by atoms with Crippen LogP contribution in [0.2, 0.25) is 0 Å². The monoisotopic (exact) mass is 299 g/mol. The Morgan fingerprint density at radius 2 is 2.10 bits per heavy atom. The molecule has 1 amide bonds. The van der Waals surface area contributed by atoms with Crippen LogP contribution < -0.4 is 0 Å². The van der Waals surface area contributed by atoms with Crippen LogP contribution in [0.25, 0.3) is 0 Å². The predicted octanol–water partition coefficient (Wildman–Crippen LogP) is 0.755. The van der Waals surface area contributed by atoms with E-state index in [9.17, 15) is 18.0 Å². The van der Waals surface area contributed by atoms with Crippen molar-refractivity contribution in [1.82, 2.24) is 4.31 Å². The zero-order valence-electron chi connectivity index (χ0n) is 10.7. The van der Waals surface area contributed by atoms with Crippen molar-refractivity contribution < 1.29 is 27.5 Å². The number of hydrogen-bond donors (Lipinski definition) is 0. The molecule has 0 saturated carbocycles. The number of carbonyl (C=O) groups excluding carboxylic acids is 2. The Balaban J connectivity index is 2.30. The molecule has 0 atom stereocenters. The van der Waals surface area contributed by atoms with E-state index in [1.807, 2.05) is 0 Å². The smallest absolute Gasteiger partial charge is 0.423 e. The lowest BCUT2D eigenvalue weighted by Gasteiger charge is -2.14. The van der Waals surface area contributed by atoms with Gasteiger partial charge in [0.05, 0.1) is 25.0 Å². The molecule has 1 fully saturated rings. The second kappa shape index (κ2) is 5.49. The summed E-state index contributed by atoms with van der Waals surface area (Å²) in [6.45, 7) is 0.0261. The van der Waals surface area contributed by atoms with Crippen molar-refractivity contribution in [3.63, 3.8) is 0 Å². The van der Waals surface area contributed by atoms with Gasteiger partial charge in [-0.25, -0.2) is 22.3 Å². The Kier molecular flexibility index (Phi) is 3.93. The maximum atomic E-state index is 12.1. The quantitative estimate of drug-likeness (QED) is 0.762.